The number of nitrogens with one attached hydrogen (secondary N) is 1. The normalized spacial score (nSPS) is 20.4. The lowest BCUT2D eigenvalue weighted by molar-refractivity contribution is 0.347. The Balaban J connectivity index is 2.27. The molecular formula is C14H23N3O2S. The molecule has 0 bridgehead atoms. The zero-order valence-electron chi connectivity index (χ0n) is 12.4. The van der Waals surface area contributed by atoms with Crippen LogP contribution in [-0.4, -0.2) is 41.7 Å². The fraction of sp³-hybridized carbons (Fsp3) is 0.714. The van der Waals surface area contributed by atoms with Gasteiger partial charge in [0.05, 0.1) is 26.5 Å². The average Bonchev–Trinajstić information content (AvgIpc) is 2.53. The first kappa shape index (κ1) is 15.4. The molecule has 0 aliphatic carbocycles. The first-order chi connectivity index (χ1) is 9.80. The summed E-state index contributed by atoms with van der Waals surface area (Å²) in [6.45, 7) is 3.02. The molecule has 1 fully saturated rings. The van der Waals surface area contributed by atoms with Crippen LogP contribution in [0, 0.1) is 0 Å². The van der Waals surface area contributed by atoms with Gasteiger partial charge in [-0.1, -0.05) is 13.3 Å². The average molecular weight is 297 g/mol. The van der Waals surface area contributed by atoms with E-state index in [0.29, 0.717) is 17.0 Å². The first-order valence-corrected chi connectivity index (χ1v) is 8.15. The second-order valence-corrected chi connectivity index (χ2v) is 6.09. The number of thioether (sulfide) groups is 1. The summed E-state index contributed by atoms with van der Waals surface area (Å²) in [4.78, 5) is 8.88. The van der Waals surface area contributed by atoms with Crippen LogP contribution >= 0.6 is 11.8 Å². The molecule has 2 atom stereocenters. The predicted octanol–water partition coefficient (Wildman–Crippen LogP) is 2.43. The second-order valence-electron chi connectivity index (χ2n) is 4.75. The molecule has 0 aromatic carbocycles. The standard InChI is InChI=1S/C14H23N3O2S/c1-4-15-12(10-7-5-6-8-20-10)13-14(19-3)17-11(18-2)9-16-13/h9-10,12,15H,4-8H2,1-3H3. The molecule has 0 spiro atoms. The van der Waals surface area contributed by atoms with Crippen LogP contribution in [0.25, 0.3) is 0 Å². The van der Waals surface area contributed by atoms with Crippen molar-refractivity contribution in [2.75, 3.05) is 26.5 Å². The summed E-state index contributed by atoms with van der Waals surface area (Å²) in [5.74, 6) is 2.26. The molecule has 1 aliphatic rings. The molecule has 2 rings (SSSR count). The summed E-state index contributed by atoms with van der Waals surface area (Å²) < 4.78 is 10.5. The quantitative estimate of drug-likeness (QED) is 0.870. The number of nitrogens with zero attached hydrogens (tertiary/aromatic N) is 2. The van der Waals surface area contributed by atoms with Gasteiger partial charge in [0, 0.05) is 5.25 Å². The fourth-order valence-corrected chi connectivity index (χ4v) is 3.91. The Morgan fingerprint density at radius 2 is 2.25 bits per heavy atom. The Kier molecular flexibility index (Phi) is 5.91. The Labute approximate surface area is 124 Å². The zero-order valence-corrected chi connectivity index (χ0v) is 13.2. The van der Waals surface area contributed by atoms with E-state index in [9.17, 15) is 0 Å². The lowest BCUT2D eigenvalue weighted by Crippen LogP contribution is -2.33. The van der Waals surface area contributed by atoms with Crippen molar-refractivity contribution in [2.45, 2.75) is 37.5 Å². The third kappa shape index (κ3) is 3.55. The second kappa shape index (κ2) is 7.69. The molecule has 1 saturated heterocycles. The zero-order chi connectivity index (χ0) is 14.4. The van der Waals surface area contributed by atoms with E-state index in [1.54, 1.807) is 20.4 Å². The summed E-state index contributed by atoms with van der Waals surface area (Å²) >= 11 is 2.02. The van der Waals surface area contributed by atoms with E-state index in [1.165, 1.54) is 25.0 Å². The van der Waals surface area contributed by atoms with Crippen molar-refractivity contribution in [3.05, 3.63) is 11.9 Å². The van der Waals surface area contributed by atoms with Gasteiger partial charge in [-0.05, 0) is 25.1 Å². The van der Waals surface area contributed by atoms with Crippen molar-refractivity contribution in [3.63, 3.8) is 0 Å². The third-order valence-electron chi connectivity index (χ3n) is 3.45. The molecule has 1 aromatic heterocycles. The van der Waals surface area contributed by atoms with Crippen molar-refractivity contribution in [1.82, 2.24) is 15.3 Å². The van der Waals surface area contributed by atoms with Crippen molar-refractivity contribution >= 4 is 11.8 Å². The van der Waals surface area contributed by atoms with E-state index in [-0.39, 0.29) is 6.04 Å². The van der Waals surface area contributed by atoms with Crippen molar-refractivity contribution < 1.29 is 9.47 Å². The number of aromatic nitrogens is 2. The minimum absolute atomic E-state index is 0.179. The SMILES string of the molecule is CCNC(c1ncc(OC)nc1OC)C1CCCCS1. The number of methoxy groups -OCH3 is 2. The van der Waals surface area contributed by atoms with E-state index in [4.69, 9.17) is 9.47 Å². The third-order valence-corrected chi connectivity index (χ3v) is 4.91. The van der Waals surface area contributed by atoms with Gasteiger partial charge in [-0.25, -0.2) is 4.98 Å². The number of ether oxygens (including phenoxy) is 2. The topological polar surface area (TPSA) is 56.3 Å². The highest BCUT2D eigenvalue weighted by Gasteiger charge is 2.29. The van der Waals surface area contributed by atoms with Crippen LogP contribution in [0.3, 0.4) is 0 Å². The fourth-order valence-electron chi connectivity index (χ4n) is 2.48. The highest BCUT2D eigenvalue weighted by atomic mass is 32.2. The van der Waals surface area contributed by atoms with Gasteiger partial charge in [0.2, 0.25) is 11.8 Å². The molecule has 112 valence electrons. The molecule has 5 nitrogen and oxygen atoms in total. The van der Waals surface area contributed by atoms with Crippen LogP contribution in [0.5, 0.6) is 11.8 Å². The summed E-state index contributed by atoms with van der Waals surface area (Å²) in [6.07, 6.45) is 5.46. The Morgan fingerprint density at radius 1 is 1.40 bits per heavy atom. The Bertz CT molecular complexity index is 425. The van der Waals surface area contributed by atoms with Crippen LogP contribution in [0.15, 0.2) is 6.20 Å². The van der Waals surface area contributed by atoms with Crippen molar-refractivity contribution in [3.8, 4) is 11.8 Å². The molecular weight excluding hydrogens is 274 g/mol. The van der Waals surface area contributed by atoms with Gasteiger partial charge in [-0.15, -0.1) is 0 Å². The maximum Gasteiger partial charge on any atom is 0.240 e. The molecule has 0 amide bonds. The minimum atomic E-state index is 0.179. The van der Waals surface area contributed by atoms with Gasteiger partial charge in [0.1, 0.15) is 5.69 Å². The molecule has 1 N–H and O–H groups in total. The van der Waals surface area contributed by atoms with Crippen molar-refractivity contribution in [2.24, 2.45) is 0 Å². The molecule has 20 heavy (non-hydrogen) atoms. The Hall–Kier alpha value is -1.01. The van der Waals surface area contributed by atoms with E-state index in [1.807, 2.05) is 11.8 Å². The van der Waals surface area contributed by atoms with Crippen molar-refractivity contribution in [1.29, 1.82) is 0 Å². The summed E-state index contributed by atoms with van der Waals surface area (Å²) in [6, 6.07) is 0.179. The van der Waals surface area contributed by atoms with Gasteiger partial charge in [0.15, 0.2) is 0 Å². The molecule has 2 unspecified atom stereocenters. The van der Waals surface area contributed by atoms with E-state index < -0.39 is 0 Å². The van der Waals surface area contributed by atoms with Gasteiger partial charge >= 0.3 is 0 Å². The predicted molar refractivity (Wildman–Crippen MR) is 81.7 cm³/mol. The first-order valence-electron chi connectivity index (χ1n) is 7.10. The maximum atomic E-state index is 5.40. The maximum absolute atomic E-state index is 5.40. The van der Waals surface area contributed by atoms with Crippen LogP contribution in [0.2, 0.25) is 0 Å². The van der Waals surface area contributed by atoms with Crippen LogP contribution < -0.4 is 14.8 Å². The largest absolute Gasteiger partial charge is 0.480 e. The summed E-state index contributed by atoms with van der Waals surface area (Å²) in [5, 5.41) is 4.06. The monoisotopic (exact) mass is 297 g/mol. The highest BCUT2D eigenvalue weighted by molar-refractivity contribution is 8.00. The number of hydrogen-bond acceptors (Lipinski definition) is 6. The molecule has 0 saturated carbocycles. The number of hydrogen-bond donors (Lipinski definition) is 1. The smallest absolute Gasteiger partial charge is 0.240 e. The molecule has 6 heteroatoms. The summed E-state index contributed by atoms with van der Waals surface area (Å²) in [5.41, 5.74) is 0.884. The van der Waals surface area contributed by atoms with E-state index in [2.05, 4.69) is 22.2 Å². The Morgan fingerprint density at radius 3 is 2.85 bits per heavy atom. The minimum Gasteiger partial charge on any atom is -0.480 e. The van der Waals surface area contributed by atoms with Crippen LogP contribution in [0.4, 0.5) is 0 Å². The van der Waals surface area contributed by atoms with Gasteiger partial charge in [-0.2, -0.15) is 16.7 Å². The van der Waals surface area contributed by atoms with E-state index in [0.717, 1.165) is 12.2 Å². The van der Waals surface area contributed by atoms with Gasteiger partial charge in [0.25, 0.3) is 0 Å². The van der Waals surface area contributed by atoms with Gasteiger partial charge in [-0.3, -0.25) is 0 Å². The molecule has 1 aromatic rings. The lowest BCUT2D eigenvalue weighted by Gasteiger charge is -2.30. The molecule has 1 aliphatic heterocycles. The number of rotatable bonds is 6. The molecule has 0 radical (unpaired) electrons. The van der Waals surface area contributed by atoms with Crippen LogP contribution in [-0.2, 0) is 0 Å². The highest BCUT2D eigenvalue weighted by Crippen LogP contribution is 2.36. The van der Waals surface area contributed by atoms with Crippen LogP contribution in [0.1, 0.15) is 37.9 Å². The van der Waals surface area contributed by atoms with Gasteiger partial charge < -0.3 is 14.8 Å². The lowest BCUT2D eigenvalue weighted by atomic mass is 10.0. The molecule has 2 heterocycles. The summed E-state index contributed by atoms with van der Waals surface area (Å²) in [7, 11) is 3.21. The van der Waals surface area contributed by atoms with E-state index >= 15 is 0 Å².